The minimum Gasteiger partial charge on any atom is -0.398 e. The molecule has 0 aliphatic rings. The summed E-state index contributed by atoms with van der Waals surface area (Å²) in [5.74, 6) is -0.292. The molecule has 0 saturated carbocycles. The maximum atomic E-state index is 12.3. The van der Waals surface area contributed by atoms with Crippen molar-refractivity contribution >= 4 is 56.4 Å². The van der Waals surface area contributed by atoms with Crippen LogP contribution in [0.5, 0.6) is 0 Å². The Bertz CT molecular complexity index is 689. The first-order valence-electron chi connectivity index (χ1n) is 5.71. The Morgan fingerprint density at radius 3 is 2.70 bits per heavy atom. The Hall–Kier alpha value is -1.23. The van der Waals surface area contributed by atoms with Gasteiger partial charge in [0.05, 0.1) is 15.7 Å². The van der Waals surface area contributed by atoms with E-state index < -0.39 is 0 Å². The van der Waals surface area contributed by atoms with Gasteiger partial charge in [-0.15, -0.1) is 0 Å². The number of nitrogen functional groups attached to an aromatic ring is 1. The summed E-state index contributed by atoms with van der Waals surface area (Å²) >= 11 is 15.3. The summed E-state index contributed by atoms with van der Waals surface area (Å²) in [6, 6.07) is 8.51. The monoisotopic (exact) mass is 372 g/mol. The zero-order chi connectivity index (χ0) is 14.9. The predicted octanol–water partition coefficient (Wildman–Crippen LogP) is 4.90. The molecule has 0 spiro atoms. The van der Waals surface area contributed by atoms with Gasteiger partial charge in [0.2, 0.25) is 0 Å². The first-order valence-corrected chi connectivity index (χ1v) is 7.26. The lowest BCUT2D eigenvalue weighted by molar-refractivity contribution is 0.102. The van der Waals surface area contributed by atoms with Gasteiger partial charge in [-0.2, -0.15) is 0 Å². The molecule has 2 aromatic carbocycles. The normalized spacial score (nSPS) is 10.4. The molecular formula is C14H11BrCl2N2O. The average molecular weight is 374 g/mol. The molecule has 0 aromatic heterocycles. The number of nitrogens with one attached hydrogen (secondary N) is 1. The molecule has 2 aromatic rings. The SMILES string of the molecule is Cc1c(N)cc(Br)cc1C(=O)Nc1cccc(Cl)c1Cl. The van der Waals surface area contributed by atoms with Crippen LogP contribution in [-0.2, 0) is 0 Å². The molecular weight excluding hydrogens is 363 g/mol. The zero-order valence-electron chi connectivity index (χ0n) is 10.5. The quantitative estimate of drug-likeness (QED) is 0.735. The van der Waals surface area contributed by atoms with E-state index in [4.69, 9.17) is 28.9 Å². The van der Waals surface area contributed by atoms with Crippen molar-refractivity contribution in [2.75, 3.05) is 11.1 Å². The standard InChI is InChI=1S/C14H11BrCl2N2O/c1-7-9(5-8(15)6-11(7)18)14(20)19-12-4-2-3-10(16)13(12)17/h2-6H,18H2,1H3,(H,19,20). The number of amides is 1. The highest BCUT2D eigenvalue weighted by Gasteiger charge is 2.14. The van der Waals surface area contributed by atoms with Crippen LogP contribution in [0, 0.1) is 6.92 Å². The molecule has 0 saturated heterocycles. The maximum Gasteiger partial charge on any atom is 0.256 e. The van der Waals surface area contributed by atoms with Crippen molar-refractivity contribution in [2.45, 2.75) is 6.92 Å². The highest BCUT2D eigenvalue weighted by Crippen LogP contribution is 2.30. The van der Waals surface area contributed by atoms with Crippen LogP contribution in [0.15, 0.2) is 34.8 Å². The van der Waals surface area contributed by atoms with Crippen molar-refractivity contribution in [3.8, 4) is 0 Å². The third kappa shape index (κ3) is 3.08. The molecule has 6 heteroatoms. The van der Waals surface area contributed by atoms with Crippen molar-refractivity contribution in [3.05, 3.63) is 56.0 Å². The first kappa shape index (κ1) is 15.2. The molecule has 0 aliphatic heterocycles. The Balaban J connectivity index is 2.36. The van der Waals surface area contributed by atoms with Crippen LogP contribution in [0.25, 0.3) is 0 Å². The smallest absolute Gasteiger partial charge is 0.256 e. The van der Waals surface area contributed by atoms with Gasteiger partial charge >= 0.3 is 0 Å². The molecule has 2 rings (SSSR count). The molecule has 1 amide bonds. The second-order valence-corrected chi connectivity index (χ2v) is 5.92. The average Bonchev–Trinajstić information content (AvgIpc) is 2.39. The van der Waals surface area contributed by atoms with Gasteiger partial charge in [0.1, 0.15) is 0 Å². The van der Waals surface area contributed by atoms with Crippen molar-refractivity contribution in [2.24, 2.45) is 0 Å². The summed E-state index contributed by atoms with van der Waals surface area (Å²) in [5.41, 5.74) is 8.04. The fraction of sp³-hybridized carbons (Fsp3) is 0.0714. The van der Waals surface area contributed by atoms with E-state index in [1.807, 2.05) is 0 Å². The highest BCUT2D eigenvalue weighted by molar-refractivity contribution is 9.10. The van der Waals surface area contributed by atoms with E-state index in [-0.39, 0.29) is 5.91 Å². The second-order valence-electron chi connectivity index (χ2n) is 4.22. The van der Waals surface area contributed by atoms with Gasteiger partial charge in [-0.05, 0) is 36.8 Å². The van der Waals surface area contributed by atoms with Gasteiger partial charge in [-0.3, -0.25) is 4.79 Å². The van der Waals surface area contributed by atoms with Crippen LogP contribution in [0.3, 0.4) is 0 Å². The first-order chi connectivity index (χ1) is 9.40. The Morgan fingerprint density at radius 1 is 1.30 bits per heavy atom. The van der Waals surface area contributed by atoms with Crippen molar-refractivity contribution in [1.82, 2.24) is 0 Å². The number of anilines is 2. The zero-order valence-corrected chi connectivity index (χ0v) is 13.6. The minimum atomic E-state index is -0.292. The lowest BCUT2D eigenvalue weighted by Crippen LogP contribution is -2.14. The van der Waals surface area contributed by atoms with Crippen LogP contribution in [0.2, 0.25) is 10.0 Å². The van der Waals surface area contributed by atoms with Crippen molar-refractivity contribution in [1.29, 1.82) is 0 Å². The number of rotatable bonds is 2. The third-order valence-electron chi connectivity index (χ3n) is 2.86. The number of hydrogen-bond acceptors (Lipinski definition) is 2. The van der Waals surface area contributed by atoms with Crippen LogP contribution >= 0.6 is 39.1 Å². The molecule has 3 N–H and O–H groups in total. The molecule has 0 unspecified atom stereocenters. The maximum absolute atomic E-state index is 12.3. The lowest BCUT2D eigenvalue weighted by Gasteiger charge is -2.11. The van der Waals surface area contributed by atoms with Gasteiger partial charge in [-0.25, -0.2) is 0 Å². The molecule has 0 heterocycles. The Kier molecular flexibility index (Phi) is 4.58. The Morgan fingerprint density at radius 2 is 2.00 bits per heavy atom. The number of carbonyl (C=O) groups excluding carboxylic acids is 1. The summed E-state index contributed by atoms with van der Waals surface area (Å²) in [5, 5.41) is 3.42. The van der Waals surface area contributed by atoms with E-state index in [1.165, 1.54) is 0 Å². The number of benzene rings is 2. The highest BCUT2D eigenvalue weighted by atomic mass is 79.9. The van der Waals surface area contributed by atoms with Crippen molar-refractivity contribution in [3.63, 3.8) is 0 Å². The Labute approximate surface area is 135 Å². The van der Waals surface area contributed by atoms with E-state index in [0.717, 1.165) is 4.47 Å². The van der Waals surface area contributed by atoms with E-state index in [1.54, 1.807) is 37.3 Å². The predicted molar refractivity (Wildman–Crippen MR) is 87.7 cm³/mol. The largest absolute Gasteiger partial charge is 0.398 e. The summed E-state index contributed by atoms with van der Waals surface area (Å²) in [6.07, 6.45) is 0. The number of halogens is 3. The minimum absolute atomic E-state index is 0.292. The van der Waals surface area contributed by atoms with Gasteiger partial charge in [0.25, 0.3) is 5.91 Å². The van der Waals surface area contributed by atoms with Crippen LogP contribution in [-0.4, -0.2) is 5.91 Å². The second kappa shape index (κ2) is 6.04. The summed E-state index contributed by atoms with van der Waals surface area (Å²) in [6.45, 7) is 1.79. The van der Waals surface area contributed by atoms with Crippen LogP contribution < -0.4 is 11.1 Å². The number of nitrogens with two attached hydrogens (primary N) is 1. The van der Waals surface area contributed by atoms with E-state index in [0.29, 0.717) is 32.5 Å². The molecule has 3 nitrogen and oxygen atoms in total. The van der Waals surface area contributed by atoms with Crippen LogP contribution in [0.4, 0.5) is 11.4 Å². The molecule has 0 atom stereocenters. The molecule has 0 radical (unpaired) electrons. The number of carbonyl (C=O) groups is 1. The van der Waals surface area contributed by atoms with Gasteiger partial charge < -0.3 is 11.1 Å². The summed E-state index contributed by atoms with van der Waals surface area (Å²) in [7, 11) is 0. The summed E-state index contributed by atoms with van der Waals surface area (Å²) in [4.78, 5) is 12.3. The third-order valence-corrected chi connectivity index (χ3v) is 4.13. The van der Waals surface area contributed by atoms with Gasteiger partial charge in [0.15, 0.2) is 0 Å². The molecule has 104 valence electrons. The van der Waals surface area contributed by atoms with Gasteiger partial charge in [0, 0.05) is 15.7 Å². The molecule has 20 heavy (non-hydrogen) atoms. The molecule has 0 fully saturated rings. The fourth-order valence-corrected chi connectivity index (χ4v) is 2.55. The molecule has 0 bridgehead atoms. The lowest BCUT2D eigenvalue weighted by atomic mass is 10.1. The topological polar surface area (TPSA) is 55.1 Å². The molecule has 0 aliphatic carbocycles. The van der Waals surface area contributed by atoms with Crippen LogP contribution in [0.1, 0.15) is 15.9 Å². The van der Waals surface area contributed by atoms with Gasteiger partial charge in [-0.1, -0.05) is 45.2 Å². The van der Waals surface area contributed by atoms with Crippen molar-refractivity contribution < 1.29 is 4.79 Å². The number of hydrogen-bond donors (Lipinski definition) is 2. The van der Waals surface area contributed by atoms with E-state index >= 15 is 0 Å². The summed E-state index contributed by atoms with van der Waals surface area (Å²) < 4.78 is 0.739. The fourth-order valence-electron chi connectivity index (χ4n) is 1.73. The van der Waals surface area contributed by atoms with E-state index in [2.05, 4.69) is 21.2 Å². The van der Waals surface area contributed by atoms with E-state index in [9.17, 15) is 4.79 Å².